The molecule has 1 saturated heterocycles. The molecule has 0 amide bonds. The van der Waals surface area contributed by atoms with Gasteiger partial charge in [0.1, 0.15) is 0 Å². The van der Waals surface area contributed by atoms with Gasteiger partial charge in [0.05, 0.1) is 0 Å². The molecule has 1 nitrogen and oxygen atoms in total. The molecule has 1 rings (SSSR count). The van der Waals surface area contributed by atoms with Gasteiger partial charge in [-0.25, -0.2) is 0 Å². The fraction of sp³-hybridized carbons (Fsp3) is 0.833. The minimum Gasteiger partial charge on any atom is -0.313 e. The van der Waals surface area contributed by atoms with Crippen LogP contribution in [0, 0.1) is 0 Å². The Kier molecular flexibility index (Phi) is 6.37. The smallest absolute Gasteiger partial charge is 0.0172 e. The summed E-state index contributed by atoms with van der Waals surface area (Å²) >= 11 is 2.15. The maximum absolute atomic E-state index is 3.75. The van der Waals surface area contributed by atoms with Gasteiger partial charge in [0.2, 0.25) is 0 Å². The monoisotopic (exact) mass is 213 g/mol. The zero-order valence-corrected chi connectivity index (χ0v) is 10.1. The van der Waals surface area contributed by atoms with Crippen LogP contribution < -0.4 is 5.32 Å². The molecule has 2 heteroatoms. The highest BCUT2D eigenvalue weighted by molar-refractivity contribution is 7.99. The molecule has 82 valence electrons. The molecule has 0 bridgehead atoms. The van der Waals surface area contributed by atoms with Gasteiger partial charge in [-0.3, -0.25) is 0 Å². The van der Waals surface area contributed by atoms with Crippen LogP contribution in [0.15, 0.2) is 12.7 Å². The summed E-state index contributed by atoms with van der Waals surface area (Å²) in [5, 5.41) is 4.49. The van der Waals surface area contributed by atoms with E-state index in [9.17, 15) is 0 Å². The van der Waals surface area contributed by atoms with E-state index >= 15 is 0 Å². The number of allylic oxidation sites excluding steroid dienone is 1. The molecule has 1 aliphatic heterocycles. The van der Waals surface area contributed by atoms with Gasteiger partial charge in [0.15, 0.2) is 0 Å². The van der Waals surface area contributed by atoms with Crippen molar-refractivity contribution in [3.05, 3.63) is 12.7 Å². The van der Waals surface area contributed by atoms with Gasteiger partial charge in [0.25, 0.3) is 0 Å². The molecule has 0 spiro atoms. The third kappa shape index (κ3) is 5.06. The number of thioether (sulfide) groups is 1. The predicted octanol–water partition coefficient (Wildman–Crippen LogP) is 3.22. The molecule has 14 heavy (non-hydrogen) atoms. The van der Waals surface area contributed by atoms with Crippen LogP contribution in [-0.4, -0.2) is 23.6 Å². The molecule has 0 aliphatic carbocycles. The van der Waals surface area contributed by atoms with E-state index in [0.29, 0.717) is 6.04 Å². The first-order valence-electron chi connectivity index (χ1n) is 5.79. The summed E-state index contributed by atoms with van der Waals surface area (Å²) in [5.74, 6) is 1.37. The van der Waals surface area contributed by atoms with Gasteiger partial charge in [-0.2, -0.15) is 11.8 Å². The van der Waals surface area contributed by atoms with Gasteiger partial charge in [-0.05, 0) is 38.4 Å². The lowest BCUT2D eigenvalue weighted by Crippen LogP contribution is -2.33. The summed E-state index contributed by atoms with van der Waals surface area (Å²) in [5.41, 5.74) is 0. The van der Waals surface area contributed by atoms with E-state index in [4.69, 9.17) is 0 Å². The summed E-state index contributed by atoms with van der Waals surface area (Å²) in [6.07, 6.45) is 8.62. The molecule has 2 unspecified atom stereocenters. The van der Waals surface area contributed by atoms with Crippen molar-refractivity contribution in [1.29, 1.82) is 0 Å². The first-order valence-corrected chi connectivity index (χ1v) is 6.83. The van der Waals surface area contributed by atoms with Crippen LogP contribution in [-0.2, 0) is 0 Å². The summed E-state index contributed by atoms with van der Waals surface area (Å²) < 4.78 is 0. The molecule has 0 saturated carbocycles. The van der Waals surface area contributed by atoms with Gasteiger partial charge in [-0.15, -0.1) is 6.58 Å². The van der Waals surface area contributed by atoms with Crippen LogP contribution in [0.2, 0.25) is 0 Å². The first kappa shape index (κ1) is 12.1. The minimum absolute atomic E-state index is 0.649. The lowest BCUT2D eigenvalue weighted by Gasteiger charge is -2.23. The molecule has 1 N–H and O–H groups in total. The second-order valence-corrected chi connectivity index (χ2v) is 5.57. The topological polar surface area (TPSA) is 12.0 Å². The zero-order valence-electron chi connectivity index (χ0n) is 9.30. The summed E-state index contributed by atoms with van der Waals surface area (Å²) in [6, 6.07) is 0.649. The van der Waals surface area contributed by atoms with Crippen molar-refractivity contribution in [2.24, 2.45) is 0 Å². The average molecular weight is 213 g/mol. The number of rotatable bonds is 6. The molecular weight excluding hydrogens is 190 g/mol. The highest BCUT2D eigenvalue weighted by atomic mass is 32.2. The van der Waals surface area contributed by atoms with E-state index in [1.54, 1.807) is 0 Å². The first-order chi connectivity index (χ1) is 6.83. The standard InChI is InChI=1S/C12H23NS/c1-3-4-7-11(2)13-10-12-8-5-6-9-14-12/h3,11-13H,1,4-10H2,2H3. The fourth-order valence-electron chi connectivity index (χ4n) is 1.77. The van der Waals surface area contributed by atoms with Crippen molar-refractivity contribution in [2.75, 3.05) is 12.3 Å². The van der Waals surface area contributed by atoms with E-state index in [2.05, 4.69) is 30.6 Å². The predicted molar refractivity (Wildman–Crippen MR) is 67.0 cm³/mol. The lowest BCUT2D eigenvalue weighted by molar-refractivity contribution is 0.500. The Balaban J connectivity index is 2.03. The molecule has 0 radical (unpaired) electrons. The van der Waals surface area contributed by atoms with Crippen molar-refractivity contribution in [1.82, 2.24) is 5.32 Å². The van der Waals surface area contributed by atoms with Gasteiger partial charge in [0, 0.05) is 17.8 Å². The summed E-state index contributed by atoms with van der Waals surface area (Å²) in [6.45, 7) is 7.22. The SMILES string of the molecule is C=CCCC(C)NCC1CCCCS1. The van der Waals surface area contributed by atoms with Crippen molar-refractivity contribution in [3.8, 4) is 0 Å². The van der Waals surface area contributed by atoms with Crippen molar-refractivity contribution < 1.29 is 0 Å². The third-order valence-corrected chi connectivity index (χ3v) is 4.17. The highest BCUT2D eigenvalue weighted by Gasteiger charge is 2.13. The van der Waals surface area contributed by atoms with E-state index < -0.39 is 0 Å². The average Bonchev–Trinajstić information content (AvgIpc) is 2.25. The molecule has 0 aromatic heterocycles. The lowest BCUT2D eigenvalue weighted by atomic mass is 10.1. The molecule has 0 aromatic rings. The Morgan fingerprint density at radius 3 is 3.07 bits per heavy atom. The second kappa shape index (κ2) is 7.36. The molecule has 1 heterocycles. The van der Waals surface area contributed by atoms with Gasteiger partial charge < -0.3 is 5.32 Å². The maximum Gasteiger partial charge on any atom is 0.0172 e. The molecule has 2 atom stereocenters. The minimum atomic E-state index is 0.649. The number of hydrogen-bond donors (Lipinski definition) is 1. The van der Waals surface area contributed by atoms with E-state index in [1.165, 1.54) is 38.0 Å². The van der Waals surface area contributed by atoms with Crippen LogP contribution in [0.25, 0.3) is 0 Å². The number of hydrogen-bond acceptors (Lipinski definition) is 2. The molecule has 1 fully saturated rings. The van der Waals surface area contributed by atoms with Crippen LogP contribution >= 0.6 is 11.8 Å². The van der Waals surface area contributed by atoms with Crippen molar-refractivity contribution in [3.63, 3.8) is 0 Å². The zero-order chi connectivity index (χ0) is 10.2. The van der Waals surface area contributed by atoms with Crippen molar-refractivity contribution in [2.45, 2.75) is 50.3 Å². The third-order valence-electron chi connectivity index (χ3n) is 2.77. The molecule has 1 aliphatic rings. The van der Waals surface area contributed by atoms with Crippen LogP contribution in [0.3, 0.4) is 0 Å². The Bertz CT molecular complexity index is 152. The Morgan fingerprint density at radius 1 is 1.57 bits per heavy atom. The quantitative estimate of drug-likeness (QED) is 0.680. The highest BCUT2D eigenvalue weighted by Crippen LogP contribution is 2.24. The summed E-state index contributed by atoms with van der Waals surface area (Å²) in [4.78, 5) is 0. The van der Waals surface area contributed by atoms with E-state index in [-0.39, 0.29) is 0 Å². The Morgan fingerprint density at radius 2 is 2.43 bits per heavy atom. The molecule has 0 aromatic carbocycles. The van der Waals surface area contributed by atoms with Crippen LogP contribution in [0.4, 0.5) is 0 Å². The van der Waals surface area contributed by atoms with Crippen molar-refractivity contribution >= 4 is 11.8 Å². The maximum atomic E-state index is 3.75. The molecular formula is C12H23NS. The van der Waals surface area contributed by atoms with Crippen LogP contribution in [0.1, 0.15) is 39.0 Å². The fourth-order valence-corrected chi connectivity index (χ4v) is 3.02. The summed E-state index contributed by atoms with van der Waals surface area (Å²) in [7, 11) is 0. The second-order valence-electron chi connectivity index (χ2n) is 4.16. The number of nitrogens with one attached hydrogen (secondary N) is 1. The van der Waals surface area contributed by atoms with Gasteiger partial charge in [-0.1, -0.05) is 12.5 Å². The van der Waals surface area contributed by atoms with E-state index in [1.807, 2.05) is 6.08 Å². The Hall–Kier alpha value is 0.0500. The van der Waals surface area contributed by atoms with E-state index in [0.717, 1.165) is 11.7 Å². The largest absolute Gasteiger partial charge is 0.313 e. The Labute approximate surface area is 92.7 Å². The van der Waals surface area contributed by atoms with Gasteiger partial charge >= 0.3 is 0 Å². The normalized spacial score (nSPS) is 24.5. The van der Waals surface area contributed by atoms with Crippen LogP contribution in [0.5, 0.6) is 0 Å².